The van der Waals surface area contributed by atoms with Gasteiger partial charge in [0.05, 0.1) is 0 Å². The Kier molecular flexibility index (Phi) is 3.85. The Balaban J connectivity index is 1.66. The molecule has 2 saturated carbocycles. The third kappa shape index (κ3) is 2.84. The fourth-order valence-electron chi connectivity index (χ4n) is 3.47. The lowest BCUT2D eigenvalue weighted by Crippen LogP contribution is -2.39. The first-order valence-electron chi connectivity index (χ1n) is 6.66. The molecule has 15 heavy (non-hydrogen) atoms. The number of allylic oxidation sites excluding steroid dienone is 1. The normalized spacial score (nSPS) is 35.7. The molecule has 0 saturated heterocycles. The first-order valence-corrected chi connectivity index (χ1v) is 6.66. The SMILES string of the molecule is C=CCCCC(C)NC1CC2CCC1C2. The van der Waals surface area contributed by atoms with Gasteiger partial charge in [0, 0.05) is 12.1 Å². The van der Waals surface area contributed by atoms with Crippen LogP contribution in [-0.2, 0) is 0 Å². The predicted molar refractivity (Wildman–Crippen MR) is 65.9 cm³/mol. The van der Waals surface area contributed by atoms with Gasteiger partial charge in [-0.25, -0.2) is 0 Å². The second-order valence-electron chi connectivity index (χ2n) is 5.57. The molecule has 86 valence electrons. The predicted octanol–water partition coefficient (Wildman–Crippen LogP) is 3.51. The number of unbranched alkanes of at least 4 members (excludes halogenated alkanes) is 1. The van der Waals surface area contributed by atoms with Crippen molar-refractivity contribution in [3.63, 3.8) is 0 Å². The van der Waals surface area contributed by atoms with Crippen LogP contribution in [0.2, 0.25) is 0 Å². The molecule has 1 nitrogen and oxygen atoms in total. The first kappa shape index (κ1) is 11.2. The molecule has 4 atom stereocenters. The molecular weight excluding hydrogens is 182 g/mol. The van der Waals surface area contributed by atoms with E-state index in [4.69, 9.17) is 0 Å². The van der Waals surface area contributed by atoms with E-state index in [0.29, 0.717) is 6.04 Å². The van der Waals surface area contributed by atoms with E-state index in [0.717, 1.165) is 17.9 Å². The summed E-state index contributed by atoms with van der Waals surface area (Å²) >= 11 is 0. The van der Waals surface area contributed by atoms with E-state index in [2.05, 4.69) is 18.8 Å². The fourth-order valence-corrected chi connectivity index (χ4v) is 3.47. The summed E-state index contributed by atoms with van der Waals surface area (Å²) in [5, 5.41) is 3.83. The van der Waals surface area contributed by atoms with E-state index in [-0.39, 0.29) is 0 Å². The molecule has 2 bridgehead atoms. The van der Waals surface area contributed by atoms with Crippen molar-refractivity contribution in [3.8, 4) is 0 Å². The summed E-state index contributed by atoms with van der Waals surface area (Å²) in [7, 11) is 0. The van der Waals surface area contributed by atoms with E-state index in [1.807, 2.05) is 6.08 Å². The Morgan fingerprint density at radius 3 is 2.87 bits per heavy atom. The third-order valence-electron chi connectivity index (χ3n) is 4.28. The van der Waals surface area contributed by atoms with Crippen molar-refractivity contribution in [2.45, 2.75) is 64.0 Å². The maximum Gasteiger partial charge on any atom is 0.0100 e. The highest BCUT2D eigenvalue weighted by Crippen LogP contribution is 2.44. The van der Waals surface area contributed by atoms with Crippen LogP contribution < -0.4 is 5.32 Å². The summed E-state index contributed by atoms with van der Waals surface area (Å²) in [6, 6.07) is 1.55. The molecule has 2 aliphatic rings. The summed E-state index contributed by atoms with van der Waals surface area (Å²) in [6.07, 6.45) is 11.8. The molecule has 1 N–H and O–H groups in total. The van der Waals surface area contributed by atoms with Crippen LogP contribution in [0.5, 0.6) is 0 Å². The maximum absolute atomic E-state index is 3.83. The minimum atomic E-state index is 0.703. The zero-order valence-electron chi connectivity index (χ0n) is 10.0. The number of fused-ring (bicyclic) bond motifs is 2. The van der Waals surface area contributed by atoms with Crippen LogP contribution in [-0.4, -0.2) is 12.1 Å². The molecule has 0 aromatic rings. The molecule has 0 aliphatic heterocycles. The smallest absolute Gasteiger partial charge is 0.0100 e. The Hall–Kier alpha value is -0.300. The second kappa shape index (κ2) is 5.16. The van der Waals surface area contributed by atoms with Crippen LogP contribution in [0.3, 0.4) is 0 Å². The van der Waals surface area contributed by atoms with E-state index in [1.54, 1.807) is 0 Å². The second-order valence-corrected chi connectivity index (χ2v) is 5.57. The molecule has 2 aliphatic carbocycles. The minimum Gasteiger partial charge on any atom is -0.311 e. The van der Waals surface area contributed by atoms with Gasteiger partial charge in [0.1, 0.15) is 0 Å². The Labute approximate surface area is 94.3 Å². The van der Waals surface area contributed by atoms with E-state index in [1.165, 1.54) is 44.9 Å². The molecule has 2 fully saturated rings. The van der Waals surface area contributed by atoms with Crippen molar-refractivity contribution >= 4 is 0 Å². The number of hydrogen-bond acceptors (Lipinski definition) is 1. The maximum atomic E-state index is 3.83. The van der Waals surface area contributed by atoms with Gasteiger partial charge in [-0.05, 0) is 57.3 Å². The zero-order chi connectivity index (χ0) is 10.7. The highest BCUT2D eigenvalue weighted by atomic mass is 15.0. The van der Waals surface area contributed by atoms with Gasteiger partial charge in [0.2, 0.25) is 0 Å². The van der Waals surface area contributed by atoms with Crippen LogP contribution in [0.4, 0.5) is 0 Å². The van der Waals surface area contributed by atoms with E-state index < -0.39 is 0 Å². The molecule has 4 unspecified atom stereocenters. The topological polar surface area (TPSA) is 12.0 Å². The summed E-state index contributed by atoms with van der Waals surface area (Å²) < 4.78 is 0. The highest BCUT2D eigenvalue weighted by molar-refractivity contribution is 4.94. The summed E-state index contributed by atoms with van der Waals surface area (Å²) in [6.45, 7) is 6.11. The first-order chi connectivity index (χ1) is 7.29. The summed E-state index contributed by atoms with van der Waals surface area (Å²) in [5.41, 5.74) is 0. The van der Waals surface area contributed by atoms with Crippen molar-refractivity contribution in [1.82, 2.24) is 5.32 Å². The van der Waals surface area contributed by atoms with Crippen molar-refractivity contribution in [1.29, 1.82) is 0 Å². The van der Waals surface area contributed by atoms with Gasteiger partial charge in [0.25, 0.3) is 0 Å². The Morgan fingerprint density at radius 2 is 2.27 bits per heavy atom. The molecule has 0 radical (unpaired) electrons. The molecule has 1 heteroatoms. The van der Waals surface area contributed by atoms with Gasteiger partial charge in [0.15, 0.2) is 0 Å². The molecule has 0 aromatic carbocycles. The average molecular weight is 207 g/mol. The fraction of sp³-hybridized carbons (Fsp3) is 0.857. The van der Waals surface area contributed by atoms with Crippen LogP contribution >= 0.6 is 0 Å². The van der Waals surface area contributed by atoms with E-state index in [9.17, 15) is 0 Å². The quantitative estimate of drug-likeness (QED) is 0.519. The van der Waals surface area contributed by atoms with E-state index >= 15 is 0 Å². The monoisotopic (exact) mass is 207 g/mol. The molecular formula is C14H25N. The van der Waals surface area contributed by atoms with Gasteiger partial charge < -0.3 is 5.32 Å². The molecule has 0 amide bonds. The molecule has 0 heterocycles. The molecule has 2 rings (SSSR count). The third-order valence-corrected chi connectivity index (χ3v) is 4.28. The molecule has 0 aromatic heterocycles. The van der Waals surface area contributed by atoms with Gasteiger partial charge in [-0.1, -0.05) is 12.5 Å². The lowest BCUT2D eigenvalue weighted by Gasteiger charge is -2.26. The summed E-state index contributed by atoms with van der Waals surface area (Å²) in [5.74, 6) is 2.07. The number of hydrogen-bond donors (Lipinski definition) is 1. The van der Waals surface area contributed by atoms with Crippen LogP contribution in [0.25, 0.3) is 0 Å². The summed E-state index contributed by atoms with van der Waals surface area (Å²) in [4.78, 5) is 0. The van der Waals surface area contributed by atoms with Crippen molar-refractivity contribution < 1.29 is 0 Å². The van der Waals surface area contributed by atoms with Gasteiger partial charge in [-0.2, -0.15) is 0 Å². The lowest BCUT2D eigenvalue weighted by molar-refractivity contribution is 0.316. The number of nitrogens with one attached hydrogen (secondary N) is 1. The average Bonchev–Trinajstić information content (AvgIpc) is 2.79. The standard InChI is InChI=1S/C14H25N/c1-3-4-5-6-11(2)15-14-10-12-7-8-13(14)9-12/h3,11-15H,1,4-10H2,2H3. The minimum absolute atomic E-state index is 0.703. The number of rotatable bonds is 6. The Morgan fingerprint density at radius 1 is 1.40 bits per heavy atom. The van der Waals surface area contributed by atoms with Crippen molar-refractivity contribution in [2.75, 3.05) is 0 Å². The largest absolute Gasteiger partial charge is 0.311 e. The highest BCUT2D eigenvalue weighted by Gasteiger charge is 2.39. The van der Waals surface area contributed by atoms with Crippen LogP contribution in [0.1, 0.15) is 51.9 Å². The Bertz CT molecular complexity index is 211. The van der Waals surface area contributed by atoms with Gasteiger partial charge in [-0.15, -0.1) is 6.58 Å². The molecule has 0 spiro atoms. The zero-order valence-corrected chi connectivity index (χ0v) is 10.0. The van der Waals surface area contributed by atoms with Gasteiger partial charge in [-0.3, -0.25) is 0 Å². The van der Waals surface area contributed by atoms with Crippen LogP contribution in [0, 0.1) is 11.8 Å². The van der Waals surface area contributed by atoms with Crippen LogP contribution in [0.15, 0.2) is 12.7 Å². The lowest BCUT2D eigenvalue weighted by atomic mass is 9.94. The van der Waals surface area contributed by atoms with Crippen molar-refractivity contribution in [3.05, 3.63) is 12.7 Å². The van der Waals surface area contributed by atoms with Gasteiger partial charge >= 0.3 is 0 Å². The van der Waals surface area contributed by atoms with Crippen molar-refractivity contribution in [2.24, 2.45) is 11.8 Å².